The number of nitrogens with zero attached hydrogens (tertiary/aromatic N) is 1. The molecule has 1 heterocycles. The Morgan fingerprint density at radius 3 is 1.82 bits per heavy atom. The maximum atomic E-state index is 12.9. The number of rotatable bonds is 4. The van der Waals surface area contributed by atoms with E-state index in [-0.39, 0.29) is 29.1 Å². The molecule has 0 unspecified atom stereocenters. The summed E-state index contributed by atoms with van der Waals surface area (Å²) in [6, 6.07) is 10.2. The van der Waals surface area contributed by atoms with Gasteiger partial charge in [-0.25, -0.2) is 12.8 Å². The van der Waals surface area contributed by atoms with Gasteiger partial charge in [0.05, 0.1) is 18.1 Å². The average Bonchev–Trinajstić information content (AvgIpc) is 2.73. The van der Waals surface area contributed by atoms with Gasteiger partial charge in [-0.15, -0.1) is 0 Å². The molecule has 3 rings (SSSR count). The summed E-state index contributed by atoms with van der Waals surface area (Å²) < 4.78 is 44.4. The van der Waals surface area contributed by atoms with E-state index in [0.717, 1.165) is 12.1 Å². The van der Waals surface area contributed by atoms with Crippen LogP contribution in [0.3, 0.4) is 0 Å². The van der Waals surface area contributed by atoms with Crippen molar-refractivity contribution in [2.45, 2.75) is 4.90 Å². The van der Waals surface area contributed by atoms with E-state index in [1.165, 1.54) is 40.7 Å². The molecule has 1 fully saturated rings. The van der Waals surface area contributed by atoms with Gasteiger partial charge in [-0.3, -0.25) is 20.4 Å². The number of carbonyl (C=O) groups excluding carboxylic acids is 2. The van der Waals surface area contributed by atoms with E-state index in [4.69, 9.17) is 4.74 Å². The first-order valence-electron chi connectivity index (χ1n) is 8.42. The number of sulfonamides is 1. The zero-order valence-electron chi connectivity index (χ0n) is 14.7. The molecule has 0 bridgehead atoms. The fraction of sp³-hybridized carbons (Fsp3) is 0.222. The lowest BCUT2D eigenvalue weighted by Gasteiger charge is -2.26. The molecule has 2 aromatic carbocycles. The number of hydrazine groups is 1. The Bertz CT molecular complexity index is 956. The highest BCUT2D eigenvalue weighted by Gasteiger charge is 2.26. The van der Waals surface area contributed by atoms with Crippen molar-refractivity contribution in [2.75, 3.05) is 26.3 Å². The first-order valence-corrected chi connectivity index (χ1v) is 9.86. The van der Waals surface area contributed by atoms with Gasteiger partial charge in [0.15, 0.2) is 0 Å². The lowest BCUT2D eigenvalue weighted by atomic mass is 10.2. The standard InChI is InChI=1S/C18H18FN3O5S/c19-15-5-1-13(2-6-15)17(23)20-21-18(24)14-3-7-16(8-4-14)28(25,26)22-9-11-27-12-10-22/h1-8H,9-12H2,(H,20,23)(H,21,24). The van der Waals surface area contributed by atoms with Gasteiger partial charge in [0.1, 0.15) is 5.82 Å². The summed E-state index contributed by atoms with van der Waals surface area (Å²) in [5, 5.41) is 0. The van der Waals surface area contributed by atoms with Crippen molar-refractivity contribution < 1.29 is 27.1 Å². The molecule has 148 valence electrons. The zero-order chi connectivity index (χ0) is 20.1. The summed E-state index contributed by atoms with van der Waals surface area (Å²) >= 11 is 0. The summed E-state index contributed by atoms with van der Waals surface area (Å²) in [6.45, 7) is 1.24. The molecule has 2 amide bonds. The SMILES string of the molecule is O=C(NNC(=O)c1ccc(S(=O)(=O)N2CCOCC2)cc1)c1ccc(F)cc1. The predicted octanol–water partition coefficient (Wildman–Crippen LogP) is 0.921. The minimum atomic E-state index is -3.65. The van der Waals surface area contributed by atoms with E-state index in [2.05, 4.69) is 10.9 Å². The molecule has 1 aliphatic heterocycles. The van der Waals surface area contributed by atoms with Gasteiger partial charge in [-0.2, -0.15) is 4.31 Å². The third-order valence-electron chi connectivity index (χ3n) is 4.12. The summed E-state index contributed by atoms with van der Waals surface area (Å²) in [6.07, 6.45) is 0. The first kappa shape index (κ1) is 19.9. The van der Waals surface area contributed by atoms with E-state index in [0.29, 0.717) is 13.2 Å². The van der Waals surface area contributed by atoms with Crippen molar-refractivity contribution in [2.24, 2.45) is 0 Å². The highest BCUT2D eigenvalue weighted by molar-refractivity contribution is 7.89. The molecule has 8 nitrogen and oxygen atoms in total. The summed E-state index contributed by atoms with van der Waals surface area (Å²) in [7, 11) is -3.65. The number of ether oxygens (including phenoxy) is 1. The van der Waals surface area contributed by atoms with E-state index >= 15 is 0 Å². The molecule has 0 radical (unpaired) electrons. The number of amides is 2. The Kier molecular flexibility index (Phi) is 6.02. The molecule has 10 heteroatoms. The van der Waals surface area contributed by atoms with Crippen LogP contribution in [0.15, 0.2) is 53.4 Å². The number of hydrogen-bond donors (Lipinski definition) is 2. The molecule has 1 saturated heterocycles. The van der Waals surface area contributed by atoms with E-state index in [9.17, 15) is 22.4 Å². The van der Waals surface area contributed by atoms with Crippen LogP contribution in [-0.4, -0.2) is 50.8 Å². The molecule has 2 N–H and O–H groups in total. The van der Waals surface area contributed by atoms with Gasteiger partial charge in [-0.1, -0.05) is 0 Å². The second-order valence-corrected chi connectivity index (χ2v) is 7.89. The van der Waals surface area contributed by atoms with Crippen molar-refractivity contribution in [3.63, 3.8) is 0 Å². The van der Waals surface area contributed by atoms with Gasteiger partial charge in [0.2, 0.25) is 10.0 Å². The van der Waals surface area contributed by atoms with Crippen molar-refractivity contribution in [1.82, 2.24) is 15.2 Å². The van der Waals surface area contributed by atoms with Crippen LogP contribution in [0.1, 0.15) is 20.7 Å². The average molecular weight is 407 g/mol. The molecule has 0 aliphatic carbocycles. The molecule has 28 heavy (non-hydrogen) atoms. The molecular formula is C18H18FN3O5S. The van der Waals surface area contributed by atoms with Crippen LogP contribution in [0.25, 0.3) is 0 Å². The Balaban J connectivity index is 1.62. The third kappa shape index (κ3) is 4.53. The maximum absolute atomic E-state index is 12.9. The van der Waals surface area contributed by atoms with Crippen LogP contribution in [-0.2, 0) is 14.8 Å². The fourth-order valence-corrected chi connectivity index (χ4v) is 3.98. The Morgan fingerprint density at radius 2 is 1.32 bits per heavy atom. The van der Waals surface area contributed by atoms with Crippen molar-refractivity contribution in [3.05, 3.63) is 65.5 Å². The van der Waals surface area contributed by atoms with Gasteiger partial charge in [0.25, 0.3) is 11.8 Å². The second-order valence-electron chi connectivity index (χ2n) is 5.96. The summed E-state index contributed by atoms with van der Waals surface area (Å²) in [5.41, 5.74) is 4.78. The predicted molar refractivity (Wildman–Crippen MR) is 97.4 cm³/mol. The molecular weight excluding hydrogens is 389 g/mol. The fourth-order valence-electron chi connectivity index (χ4n) is 2.57. The smallest absolute Gasteiger partial charge is 0.269 e. The van der Waals surface area contributed by atoms with Crippen LogP contribution < -0.4 is 10.9 Å². The lowest BCUT2D eigenvalue weighted by Crippen LogP contribution is -2.41. The monoisotopic (exact) mass is 407 g/mol. The van der Waals surface area contributed by atoms with E-state index in [1.54, 1.807) is 0 Å². The number of morpholine rings is 1. The highest BCUT2D eigenvalue weighted by Crippen LogP contribution is 2.17. The van der Waals surface area contributed by atoms with Gasteiger partial charge in [-0.05, 0) is 48.5 Å². The van der Waals surface area contributed by atoms with Crippen molar-refractivity contribution in [1.29, 1.82) is 0 Å². The molecule has 0 saturated carbocycles. The Hall–Kier alpha value is -2.82. The van der Waals surface area contributed by atoms with Crippen LogP contribution in [0.2, 0.25) is 0 Å². The van der Waals surface area contributed by atoms with Crippen LogP contribution >= 0.6 is 0 Å². The number of hydrogen-bond acceptors (Lipinski definition) is 5. The molecule has 0 spiro atoms. The largest absolute Gasteiger partial charge is 0.379 e. The minimum Gasteiger partial charge on any atom is -0.379 e. The van der Waals surface area contributed by atoms with Gasteiger partial charge < -0.3 is 4.74 Å². The second kappa shape index (κ2) is 8.46. The molecule has 0 aromatic heterocycles. The van der Waals surface area contributed by atoms with Crippen LogP contribution in [0.4, 0.5) is 4.39 Å². The number of benzene rings is 2. The first-order chi connectivity index (χ1) is 13.4. The maximum Gasteiger partial charge on any atom is 0.269 e. The quantitative estimate of drug-likeness (QED) is 0.734. The van der Waals surface area contributed by atoms with Gasteiger partial charge in [0, 0.05) is 24.2 Å². The molecule has 2 aromatic rings. The van der Waals surface area contributed by atoms with Crippen LogP contribution in [0, 0.1) is 5.82 Å². The van der Waals surface area contributed by atoms with Crippen LogP contribution in [0.5, 0.6) is 0 Å². The highest BCUT2D eigenvalue weighted by atomic mass is 32.2. The molecule has 0 atom stereocenters. The van der Waals surface area contributed by atoms with Crippen molar-refractivity contribution >= 4 is 21.8 Å². The number of nitrogens with one attached hydrogen (secondary N) is 2. The number of halogens is 1. The zero-order valence-corrected chi connectivity index (χ0v) is 15.5. The topological polar surface area (TPSA) is 105 Å². The third-order valence-corrected chi connectivity index (χ3v) is 6.03. The van der Waals surface area contributed by atoms with Crippen molar-refractivity contribution in [3.8, 4) is 0 Å². The Morgan fingerprint density at radius 1 is 0.857 bits per heavy atom. The Labute approximate surface area is 161 Å². The van der Waals surface area contributed by atoms with E-state index in [1.807, 2.05) is 0 Å². The van der Waals surface area contributed by atoms with Gasteiger partial charge >= 0.3 is 0 Å². The summed E-state index contributed by atoms with van der Waals surface area (Å²) in [5.74, 6) is -1.71. The minimum absolute atomic E-state index is 0.0706. The van der Waals surface area contributed by atoms with E-state index < -0.39 is 27.7 Å². The lowest BCUT2D eigenvalue weighted by molar-refractivity contribution is 0.0730. The number of carbonyl (C=O) groups is 2. The molecule has 1 aliphatic rings. The normalized spacial score (nSPS) is 15.0. The summed E-state index contributed by atoms with van der Waals surface area (Å²) in [4.78, 5) is 24.1.